The van der Waals surface area contributed by atoms with Crippen LogP contribution in [0.15, 0.2) is 77.7 Å². The van der Waals surface area contributed by atoms with Crippen molar-refractivity contribution < 1.29 is 26.7 Å². The summed E-state index contributed by atoms with van der Waals surface area (Å²) in [6.45, 7) is 0.442. The van der Waals surface area contributed by atoms with Gasteiger partial charge in [-0.1, -0.05) is 24.3 Å². The van der Waals surface area contributed by atoms with E-state index in [1.54, 1.807) is 41.3 Å². The van der Waals surface area contributed by atoms with E-state index >= 15 is 0 Å². The Balaban J connectivity index is 1.42. The van der Waals surface area contributed by atoms with E-state index in [1.807, 2.05) is 18.2 Å². The normalized spacial score (nSPS) is 14.9. The molecule has 1 saturated heterocycles. The van der Waals surface area contributed by atoms with Gasteiger partial charge in [-0.15, -0.1) is 0 Å². The van der Waals surface area contributed by atoms with E-state index in [9.17, 15) is 22.0 Å². The van der Waals surface area contributed by atoms with Crippen molar-refractivity contribution in [3.8, 4) is 11.5 Å². The number of ether oxygens (including phenoxy) is 1. The lowest BCUT2D eigenvalue weighted by Gasteiger charge is -2.34. The Kier molecular flexibility index (Phi) is 6.20. The molecule has 1 amide bonds. The van der Waals surface area contributed by atoms with E-state index in [0.717, 1.165) is 12.1 Å². The lowest BCUT2D eigenvalue weighted by molar-refractivity contribution is 0.0697. The van der Waals surface area contributed by atoms with Crippen LogP contribution in [0.1, 0.15) is 10.4 Å². The molecule has 9 heteroatoms. The third-order valence-electron chi connectivity index (χ3n) is 5.11. The Labute approximate surface area is 184 Å². The van der Waals surface area contributed by atoms with Crippen LogP contribution in [-0.4, -0.2) is 49.7 Å². The van der Waals surface area contributed by atoms with Crippen LogP contribution < -0.4 is 4.74 Å². The number of carbonyl (C=O) groups excluding carboxylic acids is 1. The van der Waals surface area contributed by atoms with Gasteiger partial charge >= 0.3 is 0 Å². The van der Waals surface area contributed by atoms with Crippen LogP contribution in [0.5, 0.6) is 11.5 Å². The predicted molar refractivity (Wildman–Crippen MR) is 114 cm³/mol. The minimum absolute atomic E-state index is 0.0489. The molecule has 0 saturated carbocycles. The summed E-state index contributed by atoms with van der Waals surface area (Å²) in [6.07, 6.45) is 0. The SMILES string of the molecule is O=C(c1cccc(Oc2ccccc2)c1)N1CCN(S(=O)(=O)c2ccc(F)c(F)c2)CC1. The van der Waals surface area contributed by atoms with E-state index in [1.165, 1.54) is 4.31 Å². The quantitative estimate of drug-likeness (QED) is 0.582. The fourth-order valence-corrected chi connectivity index (χ4v) is 4.85. The molecule has 0 spiro atoms. The summed E-state index contributed by atoms with van der Waals surface area (Å²) in [6, 6.07) is 18.4. The summed E-state index contributed by atoms with van der Waals surface area (Å²) < 4.78 is 59.0. The Hall–Kier alpha value is -3.30. The molecule has 4 rings (SSSR count). The standard InChI is InChI=1S/C23H20F2N2O4S/c24-21-10-9-20(16-22(21)25)32(29,30)27-13-11-26(12-14-27)23(28)17-5-4-8-19(15-17)31-18-6-2-1-3-7-18/h1-10,15-16H,11-14H2. The minimum atomic E-state index is -3.99. The van der Waals surface area contributed by atoms with Crippen LogP contribution in [0.3, 0.4) is 0 Å². The molecule has 6 nitrogen and oxygen atoms in total. The first-order valence-corrected chi connectivity index (χ1v) is 11.4. The van der Waals surface area contributed by atoms with E-state index in [4.69, 9.17) is 4.74 Å². The molecule has 0 N–H and O–H groups in total. The molecule has 1 fully saturated rings. The van der Waals surface area contributed by atoms with Gasteiger partial charge in [0.15, 0.2) is 11.6 Å². The summed E-state index contributed by atoms with van der Waals surface area (Å²) in [4.78, 5) is 14.2. The largest absolute Gasteiger partial charge is 0.457 e. The molecule has 0 unspecified atom stereocenters. The highest BCUT2D eigenvalue weighted by Crippen LogP contribution is 2.24. The van der Waals surface area contributed by atoms with Crippen LogP contribution in [0.2, 0.25) is 0 Å². The monoisotopic (exact) mass is 458 g/mol. The summed E-state index contributed by atoms with van der Waals surface area (Å²) in [5.74, 6) is -1.42. The number of nitrogens with zero attached hydrogens (tertiary/aromatic N) is 2. The molecule has 166 valence electrons. The maximum absolute atomic E-state index is 13.5. The molecule has 3 aromatic carbocycles. The van der Waals surface area contributed by atoms with Crippen molar-refractivity contribution >= 4 is 15.9 Å². The van der Waals surface area contributed by atoms with Crippen LogP contribution in [0, 0.1) is 11.6 Å². The van der Waals surface area contributed by atoms with Crippen LogP contribution in [0.4, 0.5) is 8.78 Å². The van der Waals surface area contributed by atoms with Gasteiger partial charge in [0, 0.05) is 31.7 Å². The van der Waals surface area contributed by atoms with Gasteiger partial charge in [0.2, 0.25) is 10.0 Å². The fraction of sp³-hybridized carbons (Fsp3) is 0.174. The van der Waals surface area contributed by atoms with Gasteiger partial charge in [-0.3, -0.25) is 4.79 Å². The lowest BCUT2D eigenvalue weighted by Crippen LogP contribution is -2.50. The average molecular weight is 458 g/mol. The molecule has 0 aliphatic carbocycles. The Morgan fingerprint density at radius 3 is 2.16 bits per heavy atom. The number of carbonyl (C=O) groups is 1. The molecule has 1 aliphatic heterocycles. The first-order valence-electron chi connectivity index (χ1n) is 9.92. The summed E-state index contributed by atoms with van der Waals surface area (Å²) in [5.41, 5.74) is 0.426. The van der Waals surface area contributed by atoms with Crippen LogP contribution >= 0.6 is 0 Å². The van der Waals surface area contributed by atoms with Crippen molar-refractivity contribution in [1.29, 1.82) is 0 Å². The van der Waals surface area contributed by atoms with Crippen LogP contribution in [-0.2, 0) is 10.0 Å². The molecule has 3 aromatic rings. The Morgan fingerprint density at radius 2 is 1.47 bits per heavy atom. The first-order chi connectivity index (χ1) is 15.3. The Morgan fingerprint density at radius 1 is 0.781 bits per heavy atom. The zero-order chi connectivity index (χ0) is 22.7. The number of benzene rings is 3. The molecule has 0 atom stereocenters. The topological polar surface area (TPSA) is 66.9 Å². The second kappa shape index (κ2) is 9.05. The van der Waals surface area contributed by atoms with Crippen molar-refractivity contribution in [2.24, 2.45) is 0 Å². The molecule has 1 aliphatic rings. The smallest absolute Gasteiger partial charge is 0.254 e. The molecule has 1 heterocycles. The Bertz CT molecular complexity index is 1230. The maximum atomic E-state index is 13.5. The second-order valence-corrected chi connectivity index (χ2v) is 9.15. The van der Waals surface area contributed by atoms with Gasteiger partial charge in [0.1, 0.15) is 11.5 Å². The third-order valence-corrected chi connectivity index (χ3v) is 7.01. The number of hydrogen-bond acceptors (Lipinski definition) is 4. The van der Waals surface area contributed by atoms with Gasteiger partial charge in [-0.05, 0) is 48.5 Å². The highest BCUT2D eigenvalue weighted by molar-refractivity contribution is 7.89. The number of halogens is 2. The van der Waals surface area contributed by atoms with Gasteiger partial charge in [-0.25, -0.2) is 17.2 Å². The van der Waals surface area contributed by atoms with E-state index in [0.29, 0.717) is 23.1 Å². The van der Waals surface area contributed by atoms with Gasteiger partial charge in [0.25, 0.3) is 5.91 Å². The minimum Gasteiger partial charge on any atom is -0.457 e. The summed E-state index contributed by atoms with van der Waals surface area (Å²) >= 11 is 0. The van der Waals surface area contributed by atoms with Crippen LogP contribution in [0.25, 0.3) is 0 Å². The highest BCUT2D eigenvalue weighted by Gasteiger charge is 2.31. The number of amides is 1. The molecular weight excluding hydrogens is 438 g/mol. The highest BCUT2D eigenvalue weighted by atomic mass is 32.2. The van der Waals surface area contributed by atoms with Crippen molar-refractivity contribution in [3.63, 3.8) is 0 Å². The van der Waals surface area contributed by atoms with E-state index < -0.39 is 21.7 Å². The number of hydrogen-bond donors (Lipinski definition) is 0. The maximum Gasteiger partial charge on any atom is 0.254 e. The molecule has 32 heavy (non-hydrogen) atoms. The van der Waals surface area contributed by atoms with Crippen molar-refractivity contribution in [3.05, 3.63) is 90.0 Å². The summed E-state index contributed by atoms with van der Waals surface area (Å²) in [5, 5.41) is 0. The number of sulfonamides is 1. The molecule has 0 bridgehead atoms. The van der Waals surface area contributed by atoms with E-state index in [2.05, 4.69) is 0 Å². The van der Waals surface area contributed by atoms with Crippen molar-refractivity contribution in [2.45, 2.75) is 4.90 Å². The van der Waals surface area contributed by atoms with Gasteiger partial charge in [-0.2, -0.15) is 4.31 Å². The fourth-order valence-electron chi connectivity index (χ4n) is 3.42. The van der Waals surface area contributed by atoms with Gasteiger partial charge < -0.3 is 9.64 Å². The lowest BCUT2D eigenvalue weighted by atomic mass is 10.1. The van der Waals surface area contributed by atoms with Gasteiger partial charge in [0.05, 0.1) is 4.90 Å². The van der Waals surface area contributed by atoms with Crippen molar-refractivity contribution in [2.75, 3.05) is 26.2 Å². The number of piperazine rings is 1. The molecule has 0 radical (unpaired) electrons. The predicted octanol–water partition coefficient (Wildman–Crippen LogP) is 3.90. The number of rotatable bonds is 5. The zero-order valence-electron chi connectivity index (χ0n) is 16.9. The summed E-state index contributed by atoms with van der Waals surface area (Å²) in [7, 11) is -3.99. The number of para-hydroxylation sites is 1. The van der Waals surface area contributed by atoms with Crippen molar-refractivity contribution in [1.82, 2.24) is 9.21 Å². The molecule has 0 aromatic heterocycles. The average Bonchev–Trinajstić information content (AvgIpc) is 2.81. The van der Waals surface area contributed by atoms with E-state index in [-0.39, 0.29) is 37.0 Å². The first kappa shape index (κ1) is 21.9. The second-order valence-electron chi connectivity index (χ2n) is 7.22. The zero-order valence-corrected chi connectivity index (χ0v) is 17.8. The third kappa shape index (κ3) is 4.63. The molecular formula is C23H20F2N2O4S.